The summed E-state index contributed by atoms with van der Waals surface area (Å²) in [6, 6.07) is 4.77. The molecule has 1 aromatic carbocycles. The number of carbonyl (C=O) groups excluding carboxylic acids is 1. The number of amides is 1. The summed E-state index contributed by atoms with van der Waals surface area (Å²) in [6.45, 7) is 0.410. The molecule has 33 heavy (non-hydrogen) atoms. The van der Waals surface area contributed by atoms with Crippen LogP contribution in [0.1, 0.15) is 30.0 Å². The van der Waals surface area contributed by atoms with Crippen molar-refractivity contribution in [1.82, 2.24) is 23.6 Å². The number of hydrogen-bond acceptors (Lipinski definition) is 7. The SMILES string of the molecule is O=C1OCCN1S(=O)(=O)NCc1cnn2ccc(N3CCCC3c3cc(F)ccc3F)nc12. The zero-order chi connectivity index (χ0) is 23.2. The number of halogens is 2. The first kappa shape index (κ1) is 21.5. The molecule has 5 rings (SSSR count). The smallest absolute Gasteiger partial charge is 0.424 e. The van der Waals surface area contributed by atoms with E-state index in [2.05, 4.69) is 19.5 Å². The van der Waals surface area contributed by atoms with Crippen molar-refractivity contribution in [3.8, 4) is 0 Å². The summed E-state index contributed by atoms with van der Waals surface area (Å²) in [5, 5.41) is 4.19. The van der Waals surface area contributed by atoms with Crippen LogP contribution in [0.2, 0.25) is 0 Å². The van der Waals surface area contributed by atoms with Crippen LogP contribution < -0.4 is 9.62 Å². The van der Waals surface area contributed by atoms with Gasteiger partial charge in [-0.15, -0.1) is 0 Å². The second-order valence-corrected chi connectivity index (χ2v) is 9.43. The lowest BCUT2D eigenvalue weighted by Gasteiger charge is -2.26. The number of nitrogens with one attached hydrogen (secondary N) is 1. The Balaban J connectivity index is 1.41. The third-order valence-corrected chi connectivity index (χ3v) is 7.17. The molecule has 0 spiro atoms. The van der Waals surface area contributed by atoms with E-state index in [0.717, 1.165) is 18.6 Å². The van der Waals surface area contributed by atoms with Crippen LogP contribution in [0.25, 0.3) is 5.65 Å². The van der Waals surface area contributed by atoms with Gasteiger partial charge in [-0.3, -0.25) is 0 Å². The Morgan fingerprint density at radius 3 is 2.85 bits per heavy atom. The molecule has 0 bridgehead atoms. The first-order valence-electron chi connectivity index (χ1n) is 10.3. The molecular weight excluding hydrogens is 458 g/mol. The molecule has 1 unspecified atom stereocenters. The zero-order valence-electron chi connectivity index (χ0n) is 17.3. The first-order chi connectivity index (χ1) is 15.8. The van der Waals surface area contributed by atoms with Gasteiger partial charge in [0, 0.05) is 30.4 Å². The Morgan fingerprint density at radius 1 is 1.21 bits per heavy atom. The normalized spacial score (nSPS) is 19.0. The highest BCUT2D eigenvalue weighted by molar-refractivity contribution is 7.87. The summed E-state index contributed by atoms with van der Waals surface area (Å²) in [5.41, 5.74) is 1.17. The fraction of sp³-hybridized carbons (Fsp3) is 0.350. The third kappa shape index (κ3) is 3.97. The number of hydrogen-bond donors (Lipinski definition) is 1. The van der Waals surface area contributed by atoms with Crippen molar-refractivity contribution in [1.29, 1.82) is 0 Å². The van der Waals surface area contributed by atoms with Crippen LogP contribution in [0, 0.1) is 11.6 Å². The van der Waals surface area contributed by atoms with Crippen LogP contribution >= 0.6 is 0 Å². The minimum Gasteiger partial charge on any atom is -0.447 e. The molecule has 0 saturated carbocycles. The summed E-state index contributed by atoms with van der Waals surface area (Å²) in [6.07, 6.45) is 3.65. The van der Waals surface area contributed by atoms with Gasteiger partial charge in [0.25, 0.3) is 0 Å². The predicted molar refractivity (Wildman–Crippen MR) is 112 cm³/mol. The Morgan fingerprint density at radius 2 is 2.06 bits per heavy atom. The van der Waals surface area contributed by atoms with Crippen molar-refractivity contribution in [3.05, 3.63) is 59.4 Å². The van der Waals surface area contributed by atoms with Crippen LogP contribution in [0.15, 0.2) is 36.7 Å². The van der Waals surface area contributed by atoms with E-state index in [1.54, 1.807) is 12.3 Å². The third-order valence-electron chi connectivity index (χ3n) is 5.75. The van der Waals surface area contributed by atoms with Crippen molar-refractivity contribution in [2.75, 3.05) is 24.6 Å². The van der Waals surface area contributed by atoms with E-state index in [9.17, 15) is 22.0 Å². The van der Waals surface area contributed by atoms with Crippen molar-refractivity contribution >= 4 is 27.8 Å². The number of carbonyl (C=O) groups is 1. The van der Waals surface area contributed by atoms with Crippen molar-refractivity contribution in [2.45, 2.75) is 25.4 Å². The molecule has 0 aliphatic carbocycles. The maximum atomic E-state index is 14.4. The van der Waals surface area contributed by atoms with E-state index in [1.165, 1.54) is 16.8 Å². The topological polar surface area (TPSA) is 109 Å². The minimum absolute atomic E-state index is 0.00425. The zero-order valence-corrected chi connectivity index (χ0v) is 18.1. The molecule has 2 fully saturated rings. The molecule has 2 aliphatic rings. The molecule has 0 radical (unpaired) electrons. The molecule has 13 heteroatoms. The highest BCUT2D eigenvalue weighted by Gasteiger charge is 2.33. The average Bonchev–Trinajstić information content (AvgIpc) is 3.53. The Hall–Kier alpha value is -3.32. The fourth-order valence-electron chi connectivity index (χ4n) is 4.17. The van der Waals surface area contributed by atoms with Crippen LogP contribution in [0.4, 0.5) is 19.4 Å². The predicted octanol–water partition coefficient (Wildman–Crippen LogP) is 2.14. The van der Waals surface area contributed by atoms with Crippen molar-refractivity contribution in [2.24, 2.45) is 0 Å². The van der Waals surface area contributed by atoms with Gasteiger partial charge in [0.15, 0.2) is 5.65 Å². The first-order valence-corrected chi connectivity index (χ1v) is 11.8. The Kier molecular flexibility index (Phi) is 5.37. The summed E-state index contributed by atoms with van der Waals surface area (Å²) in [5.74, 6) is -0.440. The number of cyclic esters (lactones) is 1. The number of anilines is 1. The molecule has 174 valence electrons. The van der Waals surface area contributed by atoms with Gasteiger partial charge in [-0.1, -0.05) is 0 Å². The van der Waals surface area contributed by atoms with Gasteiger partial charge in [0.1, 0.15) is 24.1 Å². The second-order valence-electron chi connectivity index (χ2n) is 7.75. The summed E-state index contributed by atoms with van der Waals surface area (Å²) >= 11 is 0. The van der Waals surface area contributed by atoms with Crippen molar-refractivity contribution in [3.63, 3.8) is 0 Å². The van der Waals surface area contributed by atoms with Gasteiger partial charge in [-0.2, -0.15) is 22.5 Å². The van der Waals surface area contributed by atoms with Crippen LogP contribution in [0.3, 0.4) is 0 Å². The van der Waals surface area contributed by atoms with Gasteiger partial charge < -0.3 is 9.64 Å². The van der Waals surface area contributed by atoms with Gasteiger partial charge in [-0.25, -0.2) is 23.1 Å². The summed E-state index contributed by atoms with van der Waals surface area (Å²) in [7, 11) is -4.08. The number of benzene rings is 1. The quantitative estimate of drug-likeness (QED) is 0.578. The van der Waals surface area contributed by atoms with Gasteiger partial charge in [0.05, 0.1) is 18.8 Å². The lowest BCUT2D eigenvalue weighted by atomic mass is 10.0. The summed E-state index contributed by atoms with van der Waals surface area (Å²) < 4.78 is 62.1. The van der Waals surface area contributed by atoms with Crippen molar-refractivity contribution < 1.29 is 26.7 Å². The number of aromatic nitrogens is 3. The van der Waals surface area contributed by atoms with E-state index in [0.29, 0.717) is 34.3 Å². The monoisotopic (exact) mass is 478 g/mol. The van der Waals surface area contributed by atoms with Gasteiger partial charge in [0.2, 0.25) is 0 Å². The van der Waals surface area contributed by atoms with Gasteiger partial charge in [-0.05, 0) is 37.1 Å². The van der Waals surface area contributed by atoms with E-state index >= 15 is 0 Å². The maximum absolute atomic E-state index is 14.4. The van der Waals surface area contributed by atoms with E-state index in [1.807, 2.05) is 4.90 Å². The second kappa shape index (κ2) is 8.23. The Bertz CT molecular complexity index is 1330. The molecule has 1 atom stereocenters. The number of ether oxygens (including phenoxy) is 1. The molecule has 1 N–H and O–H groups in total. The molecular formula is C20H20F2N6O4S. The lowest BCUT2D eigenvalue weighted by Crippen LogP contribution is -2.40. The largest absolute Gasteiger partial charge is 0.447 e. The van der Waals surface area contributed by atoms with Crippen LogP contribution in [0.5, 0.6) is 0 Å². The molecule has 2 saturated heterocycles. The van der Waals surface area contributed by atoms with E-state index in [-0.39, 0.29) is 31.3 Å². The fourth-order valence-corrected chi connectivity index (χ4v) is 5.23. The number of nitrogens with zero attached hydrogens (tertiary/aromatic N) is 5. The molecule has 10 nitrogen and oxygen atoms in total. The molecule has 4 heterocycles. The van der Waals surface area contributed by atoms with Gasteiger partial charge >= 0.3 is 16.3 Å². The molecule has 2 aliphatic heterocycles. The lowest BCUT2D eigenvalue weighted by molar-refractivity contribution is 0.169. The molecule has 3 aromatic rings. The van der Waals surface area contributed by atoms with Crippen LogP contribution in [-0.4, -0.2) is 53.1 Å². The van der Waals surface area contributed by atoms with Crippen LogP contribution in [-0.2, 0) is 21.5 Å². The maximum Gasteiger partial charge on any atom is 0.424 e. The Labute approximate surface area is 187 Å². The average molecular weight is 478 g/mol. The number of rotatable bonds is 6. The number of fused-ring (bicyclic) bond motifs is 1. The van der Waals surface area contributed by atoms with E-state index in [4.69, 9.17) is 0 Å². The molecule has 1 amide bonds. The molecule has 2 aromatic heterocycles. The highest BCUT2D eigenvalue weighted by atomic mass is 32.2. The standard InChI is InChI=1S/C20H20F2N6O4S/c21-14-3-4-16(22)15(10-14)17-2-1-6-26(17)18-5-7-27-19(25-18)13(11-23-27)12-24-33(30,31)28-8-9-32-20(28)29/h3-5,7,10-11,17,24H,1-2,6,8-9,12H2. The highest BCUT2D eigenvalue weighted by Crippen LogP contribution is 2.36. The summed E-state index contributed by atoms with van der Waals surface area (Å²) in [4.78, 5) is 18.1. The minimum atomic E-state index is -4.08. The van der Waals surface area contributed by atoms with E-state index < -0.39 is 27.9 Å².